The van der Waals surface area contributed by atoms with E-state index < -0.39 is 17.2 Å². The molecule has 1 amide bonds. The summed E-state index contributed by atoms with van der Waals surface area (Å²) in [4.78, 5) is 11.9. The number of hydrogen-bond acceptors (Lipinski definition) is 3. The van der Waals surface area contributed by atoms with Gasteiger partial charge in [0.2, 0.25) is 0 Å². The maximum absolute atomic E-state index is 11.9. The van der Waals surface area contributed by atoms with Gasteiger partial charge in [-0.1, -0.05) is 23.7 Å². The van der Waals surface area contributed by atoms with Crippen molar-refractivity contribution in [1.82, 2.24) is 5.32 Å². The first-order valence-corrected chi connectivity index (χ1v) is 7.80. The van der Waals surface area contributed by atoms with Crippen molar-refractivity contribution >= 4 is 17.7 Å². The minimum absolute atomic E-state index is 0.249. The van der Waals surface area contributed by atoms with E-state index in [4.69, 9.17) is 22.1 Å². The van der Waals surface area contributed by atoms with Gasteiger partial charge in [0.15, 0.2) is 0 Å². The second-order valence-corrected chi connectivity index (χ2v) is 7.65. The van der Waals surface area contributed by atoms with E-state index >= 15 is 0 Å². The van der Waals surface area contributed by atoms with Crippen molar-refractivity contribution in [2.45, 2.75) is 65.1 Å². The fourth-order valence-electron chi connectivity index (χ4n) is 2.00. The van der Waals surface area contributed by atoms with Crippen LogP contribution in [0.5, 0.6) is 0 Å². The molecule has 22 heavy (non-hydrogen) atoms. The number of benzene rings is 1. The van der Waals surface area contributed by atoms with E-state index in [1.807, 2.05) is 59.7 Å². The lowest BCUT2D eigenvalue weighted by Gasteiger charge is -2.33. The molecule has 0 radical (unpaired) electrons. The highest BCUT2D eigenvalue weighted by Crippen LogP contribution is 2.19. The molecule has 0 heterocycles. The van der Waals surface area contributed by atoms with E-state index in [0.29, 0.717) is 6.42 Å². The molecule has 5 heteroatoms. The summed E-state index contributed by atoms with van der Waals surface area (Å²) in [5.41, 5.74) is 7.27. The summed E-state index contributed by atoms with van der Waals surface area (Å²) in [6.07, 6.45) is 0.182. The lowest BCUT2D eigenvalue weighted by Crippen LogP contribution is -2.57. The third-order valence-corrected chi connectivity index (χ3v) is 3.85. The molecule has 1 aromatic rings. The highest BCUT2D eigenvalue weighted by Gasteiger charge is 2.30. The molecule has 0 aliphatic heterocycles. The van der Waals surface area contributed by atoms with Crippen molar-refractivity contribution in [2.75, 3.05) is 0 Å². The number of carbonyl (C=O) groups is 1. The Hall–Kier alpha value is -1.26. The average Bonchev–Trinajstić information content (AvgIpc) is 2.30. The van der Waals surface area contributed by atoms with Crippen LogP contribution >= 0.6 is 11.6 Å². The second-order valence-electron chi connectivity index (χ2n) is 7.24. The molecule has 0 saturated heterocycles. The van der Waals surface area contributed by atoms with Crippen LogP contribution in [-0.4, -0.2) is 23.3 Å². The Morgan fingerprint density at radius 3 is 2.41 bits per heavy atom. The maximum Gasteiger partial charge on any atom is 0.408 e. The van der Waals surface area contributed by atoms with Gasteiger partial charge in [0.25, 0.3) is 0 Å². The largest absolute Gasteiger partial charge is 0.444 e. The van der Waals surface area contributed by atoms with Gasteiger partial charge >= 0.3 is 6.09 Å². The number of ether oxygens (including phenoxy) is 1. The molecule has 0 aliphatic rings. The predicted molar refractivity (Wildman–Crippen MR) is 91.3 cm³/mol. The number of nitrogens with two attached hydrogens (primary N) is 1. The van der Waals surface area contributed by atoms with Crippen LogP contribution in [0.2, 0.25) is 5.02 Å². The van der Waals surface area contributed by atoms with E-state index in [2.05, 4.69) is 5.32 Å². The zero-order chi connectivity index (χ0) is 17.1. The van der Waals surface area contributed by atoms with Crippen LogP contribution in [0.1, 0.15) is 45.7 Å². The van der Waals surface area contributed by atoms with Gasteiger partial charge in [0.05, 0.1) is 5.54 Å². The Morgan fingerprint density at radius 1 is 1.32 bits per heavy atom. The van der Waals surface area contributed by atoms with Crippen molar-refractivity contribution in [3.63, 3.8) is 0 Å². The Balaban J connectivity index is 2.71. The molecule has 1 aromatic carbocycles. The van der Waals surface area contributed by atoms with Crippen molar-refractivity contribution < 1.29 is 9.53 Å². The molecule has 0 saturated carbocycles. The third kappa shape index (κ3) is 5.85. The number of amides is 1. The average molecular weight is 327 g/mol. The lowest BCUT2D eigenvalue weighted by molar-refractivity contribution is 0.0458. The highest BCUT2D eigenvalue weighted by atomic mass is 35.5. The smallest absolute Gasteiger partial charge is 0.408 e. The normalized spacial score (nSPS) is 13.6. The zero-order valence-electron chi connectivity index (χ0n) is 14.3. The molecule has 0 bridgehead atoms. The van der Waals surface area contributed by atoms with Gasteiger partial charge in [0, 0.05) is 11.1 Å². The van der Waals surface area contributed by atoms with Gasteiger partial charge in [-0.05, 0) is 65.2 Å². The summed E-state index contributed by atoms with van der Waals surface area (Å²) in [5, 5.41) is 3.59. The molecular weight excluding hydrogens is 300 g/mol. The first kappa shape index (κ1) is 18.8. The lowest BCUT2D eigenvalue weighted by atomic mass is 9.89. The molecule has 4 nitrogen and oxygen atoms in total. The number of alkyl carbamates (subject to hydrolysis) is 1. The summed E-state index contributed by atoms with van der Waals surface area (Å²) in [5.74, 6) is 0. The van der Waals surface area contributed by atoms with Crippen molar-refractivity contribution in [3.05, 3.63) is 34.3 Å². The van der Waals surface area contributed by atoms with E-state index in [-0.39, 0.29) is 6.04 Å². The van der Waals surface area contributed by atoms with Crippen molar-refractivity contribution in [3.8, 4) is 0 Å². The van der Waals surface area contributed by atoms with Gasteiger partial charge in [-0.2, -0.15) is 0 Å². The monoisotopic (exact) mass is 326 g/mol. The van der Waals surface area contributed by atoms with Gasteiger partial charge in [-0.25, -0.2) is 4.79 Å². The fraction of sp³-hybridized carbons (Fsp3) is 0.588. The number of nitrogens with one attached hydrogen (secondary N) is 1. The number of rotatable bonds is 4. The number of aryl methyl sites for hydroxylation is 1. The maximum atomic E-state index is 11.9. The number of carbonyl (C=O) groups excluding carboxylic acids is 1. The van der Waals surface area contributed by atoms with Crippen LogP contribution in [0.4, 0.5) is 4.79 Å². The summed E-state index contributed by atoms with van der Waals surface area (Å²) in [7, 11) is 0. The van der Waals surface area contributed by atoms with Gasteiger partial charge in [-0.15, -0.1) is 0 Å². The molecule has 124 valence electrons. The molecular formula is C17H27ClN2O2. The second kappa shape index (κ2) is 6.88. The molecule has 1 atom stereocenters. The molecule has 3 N–H and O–H groups in total. The first-order valence-electron chi connectivity index (χ1n) is 7.42. The first-order chi connectivity index (χ1) is 9.90. The topological polar surface area (TPSA) is 64.3 Å². The number of hydrogen-bond donors (Lipinski definition) is 2. The third-order valence-electron chi connectivity index (χ3n) is 3.43. The van der Waals surface area contributed by atoms with Crippen molar-refractivity contribution in [1.29, 1.82) is 0 Å². The van der Waals surface area contributed by atoms with Crippen LogP contribution in [-0.2, 0) is 11.2 Å². The quantitative estimate of drug-likeness (QED) is 0.884. The van der Waals surface area contributed by atoms with Crippen LogP contribution in [0.3, 0.4) is 0 Å². The molecule has 1 unspecified atom stereocenters. The van der Waals surface area contributed by atoms with Crippen LogP contribution < -0.4 is 11.1 Å². The molecule has 0 fully saturated rings. The molecule has 1 rings (SSSR count). The molecule has 0 spiro atoms. The molecule has 0 aliphatic carbocycles. The Labute approximate surface area is 138 Å². The Morgan fingerprint density at radius 2 is 1.91 bits per heavy atom. The zero-order valence-corrected chi connectivity index (χ0v) is 15.0. The Bertz CT molecular complexity index is 536. The van der Waals surface area contributed by atoms with Gasteiger partial charge in [-0.3, -0.25) is 0 Å². The van der Waals surface area contributed by atoms with Crippen molar-refractivity contribution in [2.24, 2.45) is 5.73 Å². The van der Waals surface area contributed by atoms with Crippen LogP contribution in [0.25, 0.3) is 0 Å². The SMILES string of the molecule is Cc1cc(CC(N)C(C)(C)NC(=O)OC(C)(C)C)ccc1Cl. The van der Waals surface area contributed by atoms with Gasteiger partial charge < -0.3 is 15.8 Å². The Kier molecular flexibility index (Phi) is 5.88. The summed E-state index contributed by atoms with van der Waals surface area (Å²) >= 11 is 6.03. The fourth-order valence-corrected chi connectivity index (χ4v) is 2.12. The summed E-state index contributed by atoms with van der Waals surface area (Å²) in [6.45, 7) is 11.2. The minimum Gasteiger partial charge on any atom is -0.444 e. The minimum atomic E-state index is -0.587. The van der Waals surface area contributed by atoms with Crippen LogP contribution in [0.15, 0.2) is 18.2 Å². The van der Waals surface area contributed by atoms with Crippen LogP contribution in [0, 0.1) is 6.92 Å². The van der Waals surface area contributed by atoms with E-state index in [0.717, 1.165) is 16.1 Å². The molecule has 0 aromatic heterocycles. The standard InChI is InChI=1S/C17H27ClN2O2/c1-11-9-12(7-8-13(11)18)10-14(19)17(5,6)20-15(21)22-16(2,3)4/h7-9,14H,10,19H2,1-6H3,(H,20,21). The van der Waals surface area contributed by atoms with E-state index in [1.165, 1.54) is 0 Å². The van der Waals surface area contributed by atoms with E-state index in [1.54, 1.807) is 0 Å². The summed E-state index contributed by atoms with van der Waals surface area (Å²) in [6, 6.07) is 5.60. The highest BCUT2D eigenvalue weighted by molar-refractivity contribution is 6.31. The van der Waals surface area contributed by atoms with E-state index in [9.17, 15) is 4.79 Å². The number of halogens is 1. The predicted octanol–water partition coefficient (Wildman–Crippen LogP) is 3.82. The summed E-state index contributed by atoms with van der Waals surface area (Å²) < 4.78 is 5.29. The van der Waals surface area contributed by atoms with Gasteiger partial charge in [0.1, 0.15) is 5.60 Å².